The Labute approximate surface area is 73.8 Å². The summed E-state index contributed by atoms with van der Waals surface area (Å²) in [5.74, 6) is 1.12. The van der Waals surface area contributed by atoms with Crippen LogP contribution in [0.15, 0.2) is 0 Å². The largest absolute Gasteiger partial charge is 1.00 e. The van der Waals surface area contributed by atoms with Crippen molar-refractivity contribution in [3.05, 3.63) is 0 Å². The van der Waals surface area contributed by atoms with Crippen molar-refractivity contribution >= 4 is 0 Å². The first-order valence-electron chi connectivity index (χ1n) is 4.12. The van der Waals surface area contributed by atoms with Crippen LogP contribution in [0.4, 0.5) is 0 Å². The second-order valence-electron chi connectivity index (χ2n) is 4.02. The van der Waals surface area contributed by atoms with E-state index in [4.69, 9.17) is 0 Å². The second kappa shape index (κ2) is 2.82. The van der Waals surface area contributed by atoms with Gasteiger partial charge in [-0.1, -0.05) is 0 Å². The number of quaternary nitrogens is 1. The van der Waals surface area contributed by atoms with Gasteiger partial charge in [0.05, 0.1) is 26.7 Å². The molecule has 0 aromatic carbocycles. The van der Waals surface area contributed by atoms with Crippen molar-refractivity contribution < 1.29 is 21.5 Å². The van der Waals surface area contributed by atoms with E-state index in [9.17, 15) is 0 Å². The summed E-state index contributed by atoms with van der Waals surface area (Å²) in [4.78, 5) is 0. The molecule has 0 N–H and O–H groups in total. The zero-order chi connectivity index (χ0) is 6.32. The summed E-state index contributed by atoms with van der Waals surface area (Å²) in [6.07, 6.45) is 4.53. The van der Waals surface area contributed by atoms with E-state index < -0.39 is 0 Å². The molecule has 0 radical (unpaired) electrons. The zero-order valence-corrected chi connectivity index (χ0v) is 8.23. The minimum absolute atomic E-state index is 0. The SMILES string of the molecule is C[N+]12CCC(CC1)CC2.[Br-]. The van der Waals surface area contributed by atoms with Gasteiger partial charge in [0.25, 0.3) is 0 Å². The molecule has 3 aliphatic rings. The Morgan fingerprint density at radius 2 is 1.40 bits per heavy atom. The van der Waals surface area contributed by atoms with Gasteiger partial charge in [0.1, 0.15) is 0 Å². The van der Waals surface area contributed by atoms with Gasteiger partial charge in [-0.15, -0.1) is 0 Å². The molecule has 0 atom stereocenters. The Bertz CT molecular complexity index is 103. The fourth-order valence-corrected chi connectivity index (χ4v) is 2.25. The highest BCUT2D eigenvalue weighted by atomic mass is 79.9. The monoisotopic (exact) mass is 205 g/mol. The Kier molecular flexibility index (Phi) is 2.41. The molecule has 0 aromatic rings. The predicted octanol–water partition coefficient (Wildman–Crippen LogP) is -1.75. The van der Waals surface area contributed by atoms with Crippen LogP contribution in [0.1, 0.15) is 19.3 Å². The molecule has 2 bridgehead atoms. The molecule has 2 heteroatoms. The first-order chi connectivity index (χ1) is 4.29. The number of nitrogens with zero attached hydrogens (tertiary/aromatic N) is 1. The molecular formula is C8H16BrN. The molecule has 1 nitrogen and oxygen atoms in total. The topological polar surface area (TPSA) is 0 Å². The van der Waals surface area contributed by atoms with Crippen LogP contribution in [-0.2, 0) is 0 Å². The lowest BCUT2D eigenvalue weighted by molar-refractivity contribution is -0.924. The lowest BCUT2D eigenvalue weighted by Crippen LogP contribution is -3.00. The summed E-state index contributed by atoms with van der Waals surface area (Å²) in [6, 6.07) is 0. The Morgan fingerprint density at radius 1 is 1.00 bits per heavy atom. The van der Waals surface area contributed by atoms with Gasteiger partial charge >= 0.3 is 0 Å². The van der Waals surface area contributed by atoms with Gasteiger partial charge in [0, 0.05) is 0 Å². The fraction of sp³-hybridized carbons (Fsp3) is 1.00. The van der Waals surface area contributed by atoms with E-state index in [1.165, 1.54) is 43.4 Å². The highest BCUT2D eigenvalue weighted by Crippen LogP contribution is 2.31. The molecule has 0 saturated carbocycles. The van der Waals surface area contributed by atoms with Gasteiger partial charge in [-0.2, -0.15) is 0 Å². The third kappa shape index (κ3) is 1.37. The Balaban J connectivity index is 0.000000500. The predicted molar refractivity (Wildman–Crippen MR) is 38.1 cm³/mol. The van der Waals surface area contributed by atoms with Crippen molar-refractivity contribution in [2.24, 2.45) is 5.92 Å². The van der Waals surface area contributed by atoms with Crippen LogP contribution in [-0.4, -0.2) is 31.2 Å². The van der Waals surface area contributed by atoms with Crippen LogP contribution in [0.5, 0.6) is 0 Å². The van der Waals surface area contributed by atoms with Crippen LogP contribution in [0.3, 0.4) is 0 Å². The molecule has 0 amide bonds. The Morgan fingerprint density at radius 3 is 1.60 bits per heavy atom. The van der Waals surface area contributed by atoms with Gasteiger partial charge in [-0.3, -0.25) is 0 Å². The van der Waals surface area contributed by atoms with E-state index in [-0.39, 0.29) is 17.0 Å². The number of hydrogen-bond acceptors (Lipinski definition) is 0. The highest BCUT2D eigenvalue weighted by Gasteiger charge is 2.35. The molecule has 3 aliphatic heterocycles. The molecule has 3 saturated heterocycles. The molecule has 3 rings (SSSR count). The van der Waals surface area contributed by atoms with E-state index in [1.54, 1.807) is 0 Å². The number of fused-ring (bicyclic) bond motifs is 3. The number of rotatable bonds is 0. The van der Waals surface area contributed by atoms with Crippen LogP contribution in [0.25, 0.3) is 0 Å². The summed E-state index contributed by atoms with van der Waals surface area (Å²) in [7, 11) is 2.41. The lowest BCUT2D eigenvalue weighted by atomic mass is 9.86. The average molecular weight is 206 g/mol. The maximum atomic E-state index is 2.41. The smallest absolute Gasteiger partial charge is 0.0787 e. The number of hydrogen-bond donors (Lipinski definition) is 0. The quantitative estimate of drug-likeness (QED) is 0.412. The van der Waals surface area contributed by atoms with Gasteiger partial charge in [-0.05, 0) is 25.2 Å². The molecule has 60 valence electrons. The van der Waals surface area contributed by atoms with Gasteiger partial charge in [0.15, 0.2) is 0 Å². The summed E-state index contributed by atoms with van der Waals surface area (Å²) in [5, 5.41) is 0. The summed E-state index contributed by atoms with van der Waals surface area (Å²) in [5.41, 5.74) is 0. The molecular weight excluding hydrogens is 190 g/mol. The first kappa shape index (κ1) is 8.54. The zero-order valence-electron chi connectivity index (χ0n) is 6.65. The minimum atomic E-state index is 0. The summed E-state index contributed by atoms with van der Waals surface area (Å²) < 4.78 is 1.39. The van der Waals surface area contributed by atoms with E-state index >= 15 is 0 Å². The third-order valence-electron chi connectivity index (χ3n) is 3.23. The summed E-state index contributed by atoms with van der Waals surface area (Å²) in [6.45, 7) is 4.39. The number of piperidine rings is 3. The van der Waals surface area contributed by atoms with E-state index in [0.29, 0.717) is 0 Å². The van der Waals surface area contributed by atoms with E-state index in [1.807, 2.05) is 0 Å². The maximum absolute atomic E-state index is 2.41. The molecule has 10 heavy (non-hydrogen) atoms. The van der Waals surface area contributed by atoms with Crippen molar-refractivity contribution in [1.82, 2.24) is 0 Å². The van der Waals surface area contributed by atoms with E-state index in [2.05, 4.69) is 7.05 Å². The van der Waals surface area contributed by atoms with Crippen LogP contribution >= 0.6 is 0 Å². The minimum Gasteiger partial charge on any atom is -1.00 e. The second-order valence-corrected chi connectivity index (χ2v) is 4.02. The van der Waals surface area contributed by atoms with E-state index in [0.717, 1.165) is 5.92 Å². The molecule has 3 heterocycles. The average Bonchev–Trinajstić information content (AvgIpc) is 1.90. The first-order valence-corrected chi connectivity index (χ1v) is 4.12. The van der Waals surface area contributed by atoms with Crippen molar-refractivity contribution in [2.45, 2.75) is 19.3 Å². The van der Waals surface area contributed by atoms with Crippen molar-refractivity contribution in [1.29, 1.82) is 0 Å². The normalized spacial score (nSPS) is 44.7. The standard InChI is InChI=1S/C8H16N.BrH/c1-9-5-2-8(3-6-9)4-7-9;/h8H,2-7H2,1H3;1H/q+1;/p-1. The number of halogens is 1. The molecule has 3 fully saturated rings. The van der Waals surface area contributed by atoms with Crippen LogP contribution in [0.2, 0.25) is 0 Å². The van der Waals surface area contributed by atoms with Gasteiger partial charge < -0.3 is 21.5 Å². The molecule has 0 spiro atoms. The molecule has 0 unspecified atom stereocenters. The maximum Gasteiger partial charge on any atom is 0.0787 e. The third-order valence-corrected chi connectivity index (χ3v) is 3.23. The van der Waals surface area contributed by atoms with Crippen molar-refractivity contribution in [3.8, 4) is 0 Å². The fourth-order valence-electron chi connectivity index (χ4n) is 2.25. The van der Waals surface area contributed by atoms with Gasteiger partial charge in [-0.25, -0.2) is 0 Å². The van der Waals surface area contributed by atoms with Crippen molar-refractivity contribution in [2.75, 3.05) is 26.7 Å². The van der Waals surface area contributed by atoms with Crippen LogP contribution in [0, 0.1) is 5.92 Å². The lowest BCUT2D eigenvalue weighted by Gasteiger charge is -2.46. The highest BCUT2D eigenvalue weighted by molar-refractivity contribution is 4.69. The Hall–Kier alpha value is 0.440. The van der Waals surface area contributed by atoms with Crippen molar-refractivity contribution in [3.63, 3.8) is 0 Å². The van der Waals surface area contributed by atoms with Crippen LogP contribution < -0.4 is 17.0 Å². The molecule has 0 aliphatic carbocycles. The molecule has 0 aromatic heterocycles. The summed E-state index contributed by atoms with van der Waals surface area (Å²) >= 11 is 0. The van der Waals surface area contributed by atoms with Gasteiger partial charge in [0.2, 0.25) is 0 Å².